The molecule has 1 aliphatic rings. The normalized spacial score (nSPS) is 20.8. The first kappa shape index (κ1) is 10.9. The summed E-state index contributed by atoms with van der Waals surface area (Å²) in [6.07, 6.45) is 1.19. The first-order valence-corrected chi connectivity index (χ1v) is 5.40. The van der Waals surface area contributed by atoms with Gasteiger partial charge in [-0.1, -0.05) is 23.7 Å². The molecule has 1 heterocycles. The molecule has 82 valence electrons. The zero-order chi connectivity index (χ0) is 10.7. The van der Waals surface area contributed by atoms with Crippen molar-refractivity contribution in [2.45, 2.75) is 19.1 Å². The van der Waals surface area contributed by atoms with Gasteiger partial charge in [0.05, 0.1) is 17.7 Å². The van der Waals surface area contributed by atoms with Crippen molar-refractivity contribution in [3.63, 3.8) is 0 Å². The maximum Gasteiger partial charge on any atom is 0.147 e. The zero-order valence-electron chi connectivity index (χ0n) is 8.30. The Morgan fingerprint density at radius 3 is 3.13 bits per heavy atom. The Balaban J connectivity index is 1.95. The highest BCUT2D eigenvalue weighted by molar-refractivity contribution is 6.30. The van der Waals surface area contributed by atoms with E-state index in [1.807, 2.05) is 0 Å². The Kier molecular flexibility index (Phi) is 3.57. The quantitative estimate of drug-likeness (QED) is 0.859. The van der Waals surface area contributed by atoms with Gasteiger partial charge >= 0.3 is 0 Å². The van der Waals surface area contributed by atoms with Crippen LogP contribution in [0.2, 0.25) is 5.02 Å². The fourth-order valence-corrected chi connectivity index (χ4v) is 1.83. The van der Waals surface area contributed by atoms with Gasteiger partial charge in [-0.3, -0.25) is 0 Å². The van der Waals surface area contributed by atoms with E-state index >= 15 is 0 Å². The fourth-order valence-electron chi connectivity index (χ4n) is 1.64. The van der Waals surface area contributed by atoms with E-state index in [9.17, 15) is 4.39 Å². The standard InChI is InChI=1S/C11H13ClFNO/c12-10-3-1-2-8(11(10)13)7-15-9-4-5-14-6-9/h1-3,9,14H,4-7H2. The highest BCUT2D eigenvalue weighted by Gasteiger charge is 2.15. The van der Waals surface area contributed by atoms with Crippen molar-refractivity contribution in [3.8, 4) is 0 Å². The summed E-state index contributed by atoms with van der Waals surface area (Å²) in [5.74, 6) is -0.370. The molecule has 0 radical (unpaired) electrons. The number of halogens is 2. The third-order valence-electron chi connectivity index (χ3n) is 2.52. The largest absolute Gasteiger partial charge is 0.372 e. The number of hydrogen-bond donors (Lipinski definition) is 1. The third-order valence-corrected chi connectivity index (χ3v) is 2.81. The zero-order valence-corrected chi connectivity index (χ0v) is 9.06. The van der Waals surface area contributed by atoms with Gasteiger partial charge in [0.15, 0.2) is 0 Å². The molecule has 0 amide bonds. The van der Waals surface area contributed by atoms with Gasteiger partial charge in [-0.25, -0.2) is 4.39 Å². The van der Waals surface area contributed by atoms with Crippen LogP contribution in [0.5, 0.6) is 0 Å². The first-order valence-electron chi connectivity index (χ1n) is 5.02. The number of rotatable bonds is 3. The van der Waals surface area contributed by atoms with Crippen LogP contribution in [0.1, 0.15) is 12.0 Å². The van der Waals surface area contributed by atoms with Crippen molar-refractivity contribution in [1.29, 1.82) is 0 Å². The summed E-state index contributed by atoms with van der Waals surface area (Å²) in [6, 6.07) is 4.97. The maximum absolute atomic E-state index is 13.4. The Morgan fingerprint density at radius 1 is 1.53 bits per heavy atom. The number of benzene rings is 1. The van der Waals surface area contributed by atoms with Crippen molar-refractivity contribution in [2.75, 3.05) is 13.1 Å². The summed E-state index contributed by atoms with van der Waals surface area (Å²) in [4.78, 5) is 0. The molecule has 2 nitrogen and oxygen atoms in total. The highest BCUT2D eigenvalue weighted by Crippen LogP contribution is 2.19. The Labute approximate surface area is 93.4 Å². The molecule has 1 atom stereocenters. The van der Waals surface area contributed by atoms with E-state index < -0.39 is 0 Å². The minimum atomic E-state index is -0.370. The Bertz CT molecular complexity index is 339. The molecule has 0 aromatic heterocycles. The van der Waals surface area contributed by atoms with Crippen molar-refractivity contribution in [1.82, 2.24) is 5.32 Å². The second-order valence-corrected chi connectivity index (χ2v) is 4.05. The van der Waals surface area contributed by atoms with E-state index in [0.29, 0.717) is 12.2 Å². The van der Waals surface area contributed by atoms with E-state index in [-0.39, 0.29) is 16.9 Å². The average Bonchev–Trinajstić information content (AvgIpc) is 2.73. The molecule has 0 saturated carbocycles. The average molecular weight is 230 g/mol. The van der Waals surface area contributed by atoms with Crippen LogP contribution in [0.4, 0.5) is 4.39 Å². The predicted molar refractivity (Wildman–Crippen MR) is 57.5 cm³/mol. The van der Waals surface area contributed by atoms with Gasteiger partial charge in [0.1, 0.15) is 5.82 Å². The molecular weight excluding hydrogens is 217 g/mol. The maximum atomic E-state index is 13.4. The lowest BCUT2D eigenvalue weighted by molar-refractivity contribution is 0.0526. The summed E-state index contributed by atoms with van der Waals surface area (Å²) in [7, 11) is 0. The second kappa shape index (κ2) is 4.92. The topological polar surface area (TPSA) is 21.3 Å². The summed E-state index contributed by atoms with van der Waals surface area (Å²) >= 11 is 5.67. The van der Waals surface area contributed by atoms with Crippen molar-refractivity contribution < 1.29 is 9.13 Å². The van der Waals surface area contributed by atoms with Crippen LogP contribution in [-0.4, -0.2) is 19.2 Å². The minimum absolute atomic E-state index is 0.153. The molecule has 2 rings (SSSR count). The van der Waals surface area contributed by atoms with Crippen molar-refractivity contribution in [3.05, 3.63) is 34.6 Å². The lowest BCUT2D eigenvalue weighted by Gasteiger charge is -2.11. The highest BCUT2D eigenvalue weighted by atomic mass is 35.5. The molecule has 0 spiro atoms. The summed E-state index contributed by atoms with van der Waals surface area (Å²) in [5, 5.41) is 3.34. The predicted octanol–water partition coefficient (Wildman–Crippen LogP) is 2.36. The molecule has 1 aliphatic heterocycles. The minimum Gasteiger partial charge on any atom is -0.372 e. The van der Waals surface area contributed by atoms with E-state index in [1.165, 1.54) is 6.07 Å². The van der Waals surface area contributed by atoms with Gasteiger partial charge < -0.3 is 10.1 Å². The Morgan fingerprint density at radius 2 is 2.40 bits per heavy atom. The lowest BCUT2D eigenvalue weighted by Crippen LogP contribution is -2.16. The molecule has 1 fully saturated rings. The van der Waals surface area contributed by atoms with Gasteiger partial charge in [-0.05, 0) is 19.0 Å². The number of nitrogens with one attached hydrogen (secondary N) is 1. The Hall–Kier alpha value is -0.640. The van der Waals surface area contributed by atoms with Gasteiger partial charge in [0.25, 0.3) is 0 Å². The first-order chi connectivity index (χ1) is 7.27. The molecule has 1 aromatic rings. The van der Waals surface area contributed by atoms with Crippen LogP contribution in [0.25, 0.3) is 0 Å². The van der Waals surface area contributed by atoms with E-state index in [2.05, 4.69) is 5.32 Å². The van der Waals surface area contributed by atoms with Crippen molar-refractivity contribution in [2.24, 2.45) is 0 Å². The summed E-state index contributed by atoms with van der Waals surface area (Å²) in [6.45, 7) is 2.11. The lowest BCUT2D eigenvalue weighted by atomic mass is 10.2. The smallest absolute Gasteiger partial charge is 0.147 e. The molecular formula is C11H13ClFNO. The van der Waals surface area contributed by atoms with E-state index in [1.54, 1.807) is 12.1 Å². The van der Waals surface area contributed by atoms with Crippen LogP contribution in [0, 0.1) is 5.82 Å². The molecule has 0 bridgehead atoms. The molecule has 1 N–H and O–H groups in total. The molecule has 4 heteroatoms. The van der Waals surface area contributed by atoms with Crippen LogP contribution >= 0.6 is 11.6 Å². The van der Waals surface area contributed by atoms with Gasteiger partial charge in [0, 0.05) is 12.1 Å². The SMILES string of the molecule is Fc1c(Cl)cccc1COC1CCNC1. The van der Waals surface area contributed by atoms with Crippen LogP contribution in [0.3, 0.4) is 0 Å². The van der Waals surface area contributed by atoms with Crippen LogP contribution in [0.15, 0.2) is 18.2 Å². The second-order valence-electron chi connectivity index (χ2n) is 3.64. The molecule has 1 aromatic carbocycles. The summed E-state index contributed by atoms with van der Waals surface area (Å²) in [5.41, 5.74) is 0.523. The molecule has 0 aliphatic carbocycles. The molecule has 1 saturated heterocycles. The van der Waals surface area contributed by atoms with Gasteiger partial charge in [0.2, 0.25) is 0 Å². The number of hydrogen-bond acceptors (Lipinski definition) is 2. The molecule has 1 unspecified atom stereocenters. The molecule has 15 heavy (non-hydrogen) atoms. The monoisotopic (exact) mass is 229 g/mol. The fraction of sp³-hybridized carbons (Fsp3) is 0.455. The third kappa shape index (κ3) is 2.68. The van der Waals surface area contributed by atoms with Gasteiger partial charge in [-0.15, -0.1) is 0 Å². The van der Waals surface area contributed by atoms with E-state index in [0.717, 1.165) is 19.5 Å². The summed E-state index contributed by atoms with van der Waals surface area (Å²) < 4.78 is 19.0. The number of ether oxygens (including phenoxy) is 1. The van der Waals surface area contributed by atoms with E-state index in [4.69, 9.17) is 16.3 Å². The van der Waals surface area contributed by atoms with Crippen LogP contribution in [-0.2, 0) is 11.3 Å². The van der Waals surface area contributed by atoms with Gasteiger partial charge in [-0.2, -0.15) is 0 Å². The van der Waals surface area contributed by atoms with Crippen molar-refractivity contribution >= 4 is 11.6 Å². The van der Waals surface area contributed by atoms with Crippen LogP contribution < -0.4 is 5.32 Å².